The van der Waals surface area contributed by atoms with E-state index in [2.05, 4.69) is 10.4 Å². The number of aromatic nitrogens is 3. The molecule has 0 saturated heterocycles. The summed E-state index contributed by atoms with van der Waals surface area (Å²) >= 11 is 0. The molecular formula is C17H22N4O2. The van der Waals surface area contributed by atoms with Crippen molar-refractivity contribution in [1.82, 2.24) is 19.7 Å². The molecule has 1 heterocycles. The maximum Gasteiger partial charge on any atom is 0.346 e. The Morgan fingerprint density at radius 1 is 1.30 bits per heavy atom. The number of rotatable bonds is 6. The Labute approximate surface area is 135 Å². The summed E-state index contributed by atoms with van der Waals surface area (Å²) in [6.07, 6.45) is 2.05. The van der Waals surface area contributed by atoms with Crippen molar-refractivity contribution in [2.45, 2.75) is 39.3 Å². The average molecular weight is 314 g/mol. The van der Waals surface area contributed by atoms with Gasteiger partial charge >= 0.3 is 5.69 Å². The lowest BCUT2D eigenvalue weighted by Crippen LogP contribution is -2.34. The van der Waals surface area contributed by atoms with Gasteiger partial charge in [-0.1, -0.05) is 44.2 Å². The minimum atomic E-state index is -0.0925. The molecule has 1 amide bonds. The second-order valence-electron chi connectivity index (χ2n) is 6.24. The van der Waals surface area contributed by atoms with Crippen LogP contribution in [-0.2, 0) is 11.3 Å². The van der Waals surface area contributed by atoms with Crippen molar-refractivity contribution in [2.75, 3.05) is 6.54 Å². The number of hydrogen-bond donors (Lipinski definition) is 1. The normalized spacial score (nSPS) is 14.2. The van der Waals surface area contributed by atoms with Crippen LogP contribution < -0.4 is 11.0 Å². The summed E-state index contributed by atoms with van der Waals surface area (Å²) < 4.78 is 3.25. The van der Waals surface area contributed by atoms with E-state index in [4.69, 9.17) is 0 Å². The molecule has 1 saturated carbocycles. The third-order valence-corrected chi connectivity index (χ3v) is 3.96. The smallest absolute Gasteiger partial charge is 0.346 e. The second-order valence-corrected chi connectivity index (χ2v) is 6.24. The first-order valence-electron chi connectivity index (χ1n) is 8.10. The fourth-order valence-electron chi connectivity index (χ4n) is 2.50. The minimum absolute atomic E-state index is 0.0112. The van der Waals surface area contributed by atoms with Crippen LogP contribution in [0.15, 0.2) is 35.1 Å². The summed E-state index contributed by atoms with van der Waals surface area (Å²) in [4.78, 5) is 24.2. The van der Waals surface area contributed by atoms with Gasteiger partial charge in [0.2, 0.25) is 5.91 Å². The highest BCUT2D eigenvalue weighted by molar-refractivity contribution is 5.77. The Morgan fingerprint density at radius 2 is 2.00 bits per heavy atom. The van der Waals surface area contributed by atoms with Gasteiger partial charge in [0, 0.05) is 24.1 Å². The average Bonchev–Trinajstić information content (AvgIpc) is 3.33. The first-order valence-corrected chi connectivity index (χ1v) is 8.10. The Balaban J connectivity index is 1.82. The van der Waals surface area contributed by atoms with Crippen LogP contribution in [-0.4, -0.2) is 26.8 Å². The lowest BCUT2D eigenvalue weighted by Gasteiger charge is -2.06. The van der Waals surface area contributed by atoms with Crippen LogP contribution in [0, 0.1) is 5.92 Å². The number of hydrogen-bond acceptors (Lipinski definition) is 3. The standard InChI is InChI=1S/C17H22N4O2/c1-12(2)16(22)18-10-11-20-17(23)21(14-8-9-14)15(19-20)13-6-4-3-5-7-13/h3-7,12,14H,8-11H2,1-2H3,(H,18,22). The van der Waals surface area contributed by atoms with Crippen LogP contribution >= 0.6 is 0 Å². The maximum atomic E-state index is 12.6. The molecule has 1 aliphatic rings. The van der Waals surface area contributed by atoms with Gasteiger partial charge in [-0.05, 0) is 12.8 Å². The van der Waals surface area contributed by atoms with Gasteiger partial charge in [-0.3, -0.25) is 9.36 Å². The van der Waals surface area contributed by atoms with Crippen LogP contribution in [0.5, 0.6) is 0 Å². The van der Waals surface area contributed by atoms with Gasteiger partial charge in [-0.15, -0.1) is 5.10 Å². The van der Waals surface area contributed by atoms with Crippen LogP contribution in [0.4, 0.5) is 0 Å². The minimum Gasteiger partial charge on any atom is -0.354 e. The molecule has 23 heavy (non-hydrogen) atoms. The molecule has 0 unspecified atom stereocenters. The number of benzene rings is 1. The molecule has 0 bridgehead atoms. The first kappa shape index (κ1) is 15.5. The van der Waals surface area contributed by atoms with Crippen LogP contribution in [0.2, 0.25) is 0 Å². The first-order chi connectivity index (χ1) is 11.1. The third kappa shape index (κ3) is 3.36. The lowest BCUT2D eigenvalue weighted by molar-refractivity contribution is -0.124. The predicted octanol–water partition coefficient (Wildman–Crippen LogP) is 1.82. The van der Waals surface area contributed by atoms with E-state index in [1.165, 1.54) is 4.68 Å². The van der Waals surface area contributed by atoms with E-state index in [0.29, 0.717) is 18.9 Å². The fourth-order valence-corrected chi connectivity index (χ4v) is 2.50. The molecule has 122 valence electrons. The van der Waals surface area contributed by atoms with Crippen LogP contribution in [0.1, 0.15) is 32.7 Å². The van der Waals surface area contributed by atoms with Gasteiger partial charge in [0.25, 0.3) is 0 Å². The van der Waals surface area contributed by atoms with E-state index in [0.717, 1.165) is 18.4 Å². The van der Waals surface area contributed by atoms with Crippen LogP contribution in [0.25, 0.3) is 11.4 Å². The van der Waals surface area contributed by atoms with Crippen molar-refractivity contribution in [3.63, 3.8) is 0 Å². The van der Waals surface area contributed by atoms with E-state index in [-0.39, 0.29) is 23.6 Å². The number of carbonyl (C=O) groups excluding carboxylic acids is 1. The summed E-state index contributed by atoms with van der Waals surface area (Å²) in [5.41, 5.74) is 0.853. The second kappa shape index (κ2) is 6.40. The largest absolute Gasteiger partial charge is 0.354 e. The van der Waals surface area contributed by atoms with Crippen molar-refractivity contribution in [3.8, 4) is 11.4 Å². The van der Waals surface area contributed by atoms with E-state index in [1.54, 1.807) is 4.57 Å². The number of nitrogens with zero attached hydrogens (tertiary/aromatic N) is 3. The molecule has 0 radical (unpaired) electrons. The molecule has 2 aromatic rings. The van der Waals surface area contributed by atoms with Crippen molar-refractivity contribution in [2.24, 2.45) is 5.92 Å². The molecule has 6 nitrogen and oxygen atoms in total. The summed E-state index contributed by atoms with van der Waals surface area (Å²) in [6, 6.07) is 10.0. The number of nitrogens with one attached hydrogen (secondary N) is 1. The Hall–Kier alpha value is -2.37. The summed E-state index contributed by atoms with van der Waals surface area (Å²) in [6.45, 7) is 4.48. The monoisotopic (exact) mass is 314 g/mol. The SMILES string of the molecule is CC(C)C(=O)NCCn1nc(-c2ccccc2)n(C2CC2)c1=O. The Bertz CT molecular complexity index is 742. The fraction of sp³-hybridized carbons (Fsp3) is 0.471. The Kier molecular flexibility index (Phi) is 4.32. The zero-order valence-electron chi connectivity index (χ0n) is 13.5. The van der Waals surface area contributed by atoms with Crippen LogP contribution in [0.3, 0.4) is 0 Å². The molecular weight excluding hydrogens is 292 g/mol. The molecule has 6 heteroatoms. The summed E-state index contributed by atoms with van der Waals surface area (Å²) in [5, 5.41) is 7.32. The van der Waals surface area contributed by atoms with Gasteiger partial charge in [-0.2, -0.15) is 0 Å². The third-order valence-electron chi connectivity index (χ3n) is 3.96. The van der Waals surface area contributed by atoms with Crippen molar-refractivity contribution in [3.05, 3.63) is 40.8 Å². The molecule has 1 aromatic heterocycles. The van der Waals surface area contributed by atoms with E-state index in [9.17, 15) is 9.59 Å². The molecule has 0 spiro atoms. The van der Waals surface area contributed by atoms with Gasteiger partial charge in [0.05, 0.1) is 6.54 Å². The van der Waals surface area contributed by atoms with Crippen molar-refractivity contribution in [1.29, 1.82) is 0 Å². The highest BCUT2D eigenvalue weighted by atomic mass is 16.2. The molecule has 1 fully saturated rings. The number of amides is 1. The van der Waals surface area contributed by atoms with Gasteiger partial charge in [0.1, 0.15) is 0 Å². The molecule has 0 aliphatic heterocycles. The van der Waals surface area contributed by atoms with Gasteiger partial charge in [-0.25, -0.2) is 9.48 Å². The molecule has 3 rings (SSSR count). The zero-order valence-corrected chi connectivity index (χ0v) is 13.5. The van der Waals surface area contributed by atoms with Crippen molar-refractivity contribution >= 4 is 5.91 Å². The summed E-state index contributed by atoms with van der Waals surface area (Å²) in [7, 11) is 0. The zero-order chi connectivity index (χ0) is 16.4. The highest BCUT2D eigenvalue weighted by Crippen LogP contribution is 2.36. The summed E-state index contributed by atoms with van der Waals surface area (Å²) in [5.74, 6) is 0.645. The molecule has 1 N–H and O–H groups in total. The molecule has 1 aromatic carbocycles. The Morgan fingerprint density at radius 3 is 2.61 bits per heavy atom. The quantitative estimate of drug-likeness (QED) is 0.884. The maximum absolute atomic E-state index is 12.6. The molecule has 0 atom stereocenters. The topological polar surface area (TPSA) is 68.9 Å². The van der Waals surface area contributed by atoms with Crippen molar-refractivity contribution < 1.29 is 4.79 Å². The number of carbonyl (C=O) groups is 1. The predicted molar refractivity (Wildman–Crippen MR) is 88.0 cm³/mol. The van der Waals surface area contributed by atoms with Gasteiger partial charge < -0.3 is 5.32 Å². The lowest BCUT2D eigenvalue weighted by atomic mass is 10.2. The highest BCUT2D eigenvalue weighted by Gasteiger charge is 2.30. The van der Waals surface area contributed by atoms with Gasteiger partial charge in [0.15, 0.2) is 5.82 Å². The van der Waals surface area contributed by atoms with E-state index >= 15 is 0 Å². The van der Waals surface area contributed by atoms with E-state index < -0.39 is 0 Å². The van der Waals surface area contributed by atoms with E-state index in [1.807, 2.05) is 44.2 Å². The molecule has 1 aliphatic carbocycles.